The van der Waals surface area contributed by atoms with E-state index in [1.807, 2.05) is 32.0 Å². The lowest BCUT2D eigenvalue weighted by Crippen LogP contribution is -2.34. The average Bonchev–Trinajstić information content (AvgIpc) is 2.85. The van der Waals surface area contributed by atoms with Gasteiger partial charge in [0.2, 0.25) is 5.91 Å². The number of aryl methyl sites for hydroxylation is 2. The van der Waals surface area contributed by atoms with Crippen LogP contribution in [0.3, 0.4) is 0 Å². The molecule has 1 aliphatic rings. The molecule has 1 fully saturated rings. The van der Waals surface area contributed by atoms with Crippen LogP contribution in [0.5, 0.6) is 5.75 Å². The zero-order valence-corrected chi connectivity index (χ0v) is 14.0. The van der Waals surface area contributed by atoms with E-state index in [2.05, 4.69) is 5.32 Å². The number of imide groups is 1. The lowest BCUT2D eigenvalue weighted by atomic mass is 10.1. The maximum absolute atomic E-state index is 12.7. The van der Waals surface area contributed by atoms with Crippen LogP contribution in [0.15, 0.2) is 42.5 Å². The molecule has 5 nitrogen and oxygen atoms in total. The predicted molar refractivity (Wildman–Crippen MR) is 93.4 cm³/mol. The van der Waals surface area contributed by atoms with E-state index in [9.17, 15) is 9.59 Å². The molecule has 1 saturated heterocycles. The summed E-state index contributed by atoms with van der Waals surface area (Å²) in [6, 6.07) is 12.4. The van der Waals surface area contributed by atoms with Gasteiger partial charge in [0.1, 0.15) is 11.8 Å². The van der Waals surface area contributed by atoms with Gasteiger partial charge in [-0.25, -0.2) is 4.90 Å². The molecule has 3 rings (SSSR count). The molecule has 24 heavy (non-hydrogen) atoms. The first-order chi connectivity index (χ1) is 11.5. The Kier molecular flexibility index (Phi) is 4.25. The molecule has 0 unspecified atom stereocenters. The number of hydrogen-bond acceptors (Lipinski definition) is 4. The SMILES string of the molecule is COc1ccc(N2C(=O)C[C@H](Nc3cc(C)ccc3C)C2=O)cc1. The minimum atomic E-state index is -0.542. The number of anilines is 2. The van der Waals surface area contributed by atoms with Gasteiger partial charge in [-0.2, -0.15) is 0 Å². The molecule has 0 spiro atoms. The van der Waals surface area contributed by atoms with Crippen molar-refractivity contribution in [1.82, 2.24) is 0 Å². The quantitative estimate of drug-likeness (QED) is 0.878. The fourth-order valence-corrected chi connectivity index (χ4v) is 2.83. The molecule has 0 aliphatic carbocycles. The molecule has 5 heteroatoms. The number of nitrogens with zero attached hydrogens (tertiary/aromatic N) is 1. The Morgan fingerprint density at radius 3 is 2.46 bits per heavy atom. The summed E-state index contributed by atoms with van der Waals surface area (Å²) in [6.45, 7) is 3.97. The number of nitrogens with one attached hydrogen (secondary N) is 1. The molecule has 2 aromatic carbocycles. The summed E-state index contributed by atoms with van der Waals surface area (Å²) in [6.07, 6.45) is 0.151. The van der Waals surface area contributed by atoms with E-state index in [0.717, 1.165) is 16.8 Å². The Labute approximate surface area is 141 Å². The highest BCUT2D eigenvalue weighted by Crippen LogP contribution is 2.27. The van der Waals surface area contributed by atoms with Gasteiger partial charge in [0.15, 0.2) is 0 Å². The standard InChI is InChI=1S/C19H20N2O3/c1-12-4-5-13(2)16(10-12)20-17-11-18(22)21(19(17)23)14-6-8-15(24-3)9-7-14/h4-10,17,20H,11H2,1-3H3/t17-/m0/s1. The highest BCUT2D eigenvalue weighted by molar-refractivity contribution is 6.23. The maximum atomic E-state index is 12.7. The summed E-state index contributed by atoms with van der Waals surface area (Å²) in [4.78, 5) is 26.2. The summed E-state index contributed by atoms with van der Waals surface area (Å²) >= 11 is 0. The molecule has 0 aromatic heterocycles. The molecular weight excluding hydrogens is 304 g/mol. The summed E-state index contributed by atoms with van der Waals surface area (Å²) in [5.41, 5.74) is 3.60. The first-order valence-corrected chi connectivity index (χ1v) is 7.84. The van der Waals surface area contributed by atoms with E-state index in [1.165, 1.54) is 4.90 Å². The van der Waals surface area contributed by atoms with Crippen molar-refractivity contribution in [1.29, 1.82) is 0 Å². The van der Waals surface area contributed by atoms with Gasteiger partial charge in [-0.1, -0.05) is 12.1 Å². The normalized spacial score (nSPS) is 17.3. The Bertz CT molecular complexity index is 784. The topological polar surface area (TPSA) is 58.6 Å². The molecule has 2 amide bonds. The van der Waals surface area contributed by atoms with Crippen LogP contribution in [0.25, 0.3) is 0 Å². The van der Waals surface area contributed by atoms with Crippen LogP contribution in [0.4, 0.5) is 11.4 Å². The van der Waals surface area contributed by atoms with Gasteiger partial charge in [-0.3, -0.25) is 9.59 Å². The van der Waals surface area contributed by atoms with Crippen molar-refractivity contribution in [2.45, 2.75) is 26.3 Å². The molecular formula is C19H20N2O3. The van der Waals surface area contributed by atoms with Crippen molar-refractivity contribution in [2.24, 2.45) is 0 Å². The number of hydrogen-bond donors (Lipinski definition) is 1. The zero-order chi connectivity index (χ0) is 17.3. The van der Waals surface area contributed by atoms with Crippen LogP contribution in [0, 0.1) is 13.8 Å². The number of carbonyl (C=O) groups is 2. The van der Waals surface area contributed by atoms with Gasteiger partial charge < -0.3 is 10.1 Å². The van der Waals surface area contributed by atoms with Crippen molar-refractivity contribution in [2.75, 3.05) is 17.3 Å². The molecule has 1 aliphatic heterocycles. The summed E-state index contributed by atoms with van der Waals surface area (Å²) in [5, 5.41) is 3.22. The molecule has 1 heterocycles. The second-order valence-corrected chi connectivity index (χ2v) is 5.98. The Morgan fingerprint density at radius 1 is 1.08 bits per heavy atom. The van der Waals surface area contributed by atoms with Gasteiger partial charge in [0.25, 0.3) is 5.91 Å². The minimum Gasteiger partial charge on any atom is -0.497 e. The molecule has 2 aromatic rings. The maximum Gasteiger partial charge on any atom is 0.256 e. The van der Waals surface area contributed by atoms with E-state index in [1.54, 1.807) is 31.4 Å². The number of rotatable bonds is 4. The zero-order valence-electron chi connectivity index (χ0n) is 14.0. The van der Waals surface area contributed by atoms with E-state index in [-0.39, 0.29) is 18.2 Å². The third kappa shape index (κ3) is 2.97. The molecule has 0 bridgehead atoms. The van der Waals surface area contributed by atoms with Crippen LogP contribution >= 0.6 is 0 Å². The molecule has 0 saturated carbocycles. The largest absolute Gasteiger partial charge is 0.497 e. The van der Waals surface area contributed by atoms with E-state index in [4.69, 9.17) is 4.74 Å². The summed E-state index contributed by atoms with van der Waals surface area (Å²) in [7, 11) is 1.57. The summed E-state index contributed by atoms with van der Waals surface area (Å²) in [5.74, 6) is 0.252. The predicted octanol–water partition coefficient (Wildman–Crippen LogP) is 3.06. The third-order valence-electron chi connectivity index (χ3n) is 4.20. The number of methoxy groups -OCH3 is 1. The highest BCUT2D eigenvalue weighted by Gasteiger charge is 2.39. The van der Waals surface area contributed by atoms with Crippen molar-refractivity contribution >= 4 is 23.2 Å². The van der Waals surface area contributed by atoms with Gasteiger partial charge >= 0.3 is 0 Å². The van der Waals surface area contributed by atoms with Gasteiger partial charge in [0.05, 0.1) is 19.2 Å². The van der Waals surface area contributed by atoms with Crippen molar-refractivity contribution in [3.05, 3.63) is 53.6 Å². The van der Waals surface area contributed by atoms with E-state index in [0.29, 0.717) is 11.4 Å². The highest BCUT2D eigenvalue weighted by atomic mass is 16.5. The Hall–Kier alpha value is -2.82. The van der Waals surface area contributed by atoms with Crippen LogP contribution in [-0.4, -0.2) is 25.0 Å². The van der Waals surface area contributed by atoms with Crippen LogP contribution in [0.1, 0.15) is 17.5 Å². The summed E-state index contributed by atoms with van der Waals surface area (Å²) < 4.78 is 5.11. The lowest BCUT2D eigenvalue weighted by Gasteiger charge is -2.17. The van der Waals surface area contributed by atoms with Gasteiger partial charge in [0, 0.05) is 5.69 Å². The number of amides is 2. The van der Waals surface area contributed by atoms with Gasteiger partial charge in [-0.05, 0) is 55.3 Å². The van der Waals surface area contributed by atoms with Crippen molar-refractivity contribution in [3.8, 4) is 5.75 Å². The molecule has 1 N–H and O–H groups in total. The Morgan fingerprint density at radius 2 is 1.79 bits per heavy atom. The second-order valence-electron chi connectivity index (χ2n) is 5.98. The smallest absolute Gasteiger partial charge is 0.256 e. The number of ether oxygens (including phenoxy) is 1. The second kappa shape index (κ2) is 6.35. The molecule has 124 valence electrons. The first kappa shape index (κ1) is 16.1. The van der Waals surface area contributed by atoms with E-state index >= 15 is 0 Å². The third-order valence-corrected chi connectivity index (χ3v) is 4.20. The number of benzene rings is 2. The van der Waals surface area contributed by atoms with Crippen molar-refractivity contribution in [3.63, 3.8) is 0 Å². The monoisotopic (exact) mass is 324 g/mol. The van der Waals surface area contributed by atoms with Crippen LogP contribution in [0.2, 0.25) is 0 Å². The van der Waals surface area contributed by atoms with Gasteiger partial charge in [-0.15, -0.1) is 0 Å². The lowest BCUT2D eigenvalue weighted by molar-refractivity contribution is -0.121. The Balaban J connectivity index is 1.82. The fraction of sp³-hybridized carbons (Fsp3) is 0.263. The fourth-order valence-electron chi connectivity index (χ4n) is 2.83. The van der Waals surface area contributed by atoms with Crippen LogP contribution in [-0.2, 0) is 9.59 Å². The molecule has 1 atom stereocenters. The average molecular weight is 324 g/mol. The first-order valence-electron chi connectivity index (χ1n) is 7.84. The van der Waals surface area contributed by atoms with E-state index < -0.39 is 6.04 Å². The van der Waals surface area contributed by atoms with Crippen molar-refractivity contribution < 1.29 is 14.3 Å². The van der Waals surface area contributed by atoms with Crippen LogP contribution < -0.4 is 15.0 Å². The number of carbonyl (C=O) groups excluding carboxylic acids is 2. The minimum absolute atomic E-state index is 0.151. The molecule has 0 radical (unpaired) electrons.